The molecule has 1 aromatic carbocycles. The first-order chi connectivity index (χ1) is 13.7. The summed E-state index contributed by atoms with van der Waals surface area (Å²) in [6.07, 6.45) is 4.86. The molecule has 0 fully saturated rings. The number of nitrogens with one attached hydrogen (secondary N) is 3. The van der Waals surface area contributed by atoms with Gasteiger partial charge in [-0.05, 0) is 56.4 Å². The summed E-state index contributed by atoms with van der Waals surface area (Å²) >= 11 is 0. The molecule has 0 bridgehead atoms. The molecule has 0 aliphatic heterocycles. The van der Waals surface area contributed by atoms with E-state index in [2.05, 4.69) is 27.8 Å². The molecule has 2 rings (SSSR count). The van der Waals surface area contributed by atoms with E-state index in [4.69, 9.17) is 14.5 Å². The van der Waals surface area contributed by atoms with Gasteiger partial charge in [0.15, 0.2) is 5.96 Å². The number of aliphatic imine (C=N–C) groups is 1. The Morgan fingerprint density at radius 1 is 1.14 bits per heavy atom. The van der Waals surface area contributed by atoms with Gasteiger partial charge in [-0.25, -0.2) is 4.99 Å². The second kappa shape index (κ2) is 12.8. The van der Waals surface area contributed by atoms with Gasteiger partial charge in [0.1, 0.15) is 5.75 Å². The molecule has 0 aliphatic carbocycles. The van der Waals surface area contributed by atoms with Crippen LogP contribution in [0.25, 0.3) is 0 Å². The van der Waals surface area contributed by atoms with Gasteiger partial charge < -0.3 is 20.1 Å². The van der Waals surface area contributed by atoms with Crippen molar-refractivity contribution in [2.45, 2.75) is 39.7 Å². The summed E-state index contributed by atoms with van der Waals surface area (Å²) in [6.45, 7) is 7.88. The Morgan fingerprint density at radius 2 is 1.89 bits per heavy atom. The van der Waals surface area contributed by atoms with E-state index < -0.39 is 0 Å². The summed E-state index contributed by atoms with van der Waals surface area (Å²) in [5, 5.41) is 13.9. The minimum Gasteiger partial charge on any atom is -0.497 e. The van der Waals surface area contributed by atoms with Crippen molar-refractivity contribution in [2.75, 3.05) is 33.4 Å². The maximum Gasteiger partial charge on any atom is 0.191 e. The van der Waals surface area contributed by atoms with E-state index in [1.54, 1.807) is 7.11 Å². The third kappa shape index (κ3) is 8.00. The molecule has 3 N–H and O–H groups in total. The van der Waals surface area contributed by atoms with Crippen LogP contribution in [-0.4, -0.2) is 49.6 Å². The molecule has 0 aliphatic rings. The molecular formula is C21H33N5O2. The molecule has 0 radical (unpaired) electrons. The van der Waals surface area contributed by atoms with Gasteiger partial charge in [0.05, 0.1) is 19.9 Å². The van der Waals surface area contributed by atoms with Crippen molar-refractivity contribution in [1.82, 2.24) is 20.8 Å². The number of aromatic amines is 1. The topological polar surface area (TPSA) is 83.6 Å². The summed E-state index contributed by atoms with van der Waals surface area (Å²) in [5.41, 5.74) is 3.55. The van der Waals surface area contributed by atoms with Gasteiger partial charge in [0, 0.05) is 32.0 Å². The van der Waals surface area contributed by atoms with E-state index in [-0.39, 0.29) is 0 Å². The number of hydrogen-bond donors (Lipinski definition) is 3. The first-order valence-corrected chi connectivity index (χ1v) is 9.94. The highest BCUT2D eigenvalue weighted by atomic mass is 16.5. The molecule has 0 atom stereocenters. The number of nitrogens with zero attached hydrogens (tertiary/aromatic N) is 2. The van der Waals surface area contributed by atoms with Gasteiger partial charge in [-0.3, -0.25) is 5.10 Å². The number of hydrogen-bond acceptors (Lipinski definition) is 4. The fourth-order valence-electron chi connectivity index (χ4n) is 2.71. The van der Waals surface area contributed by atoms with E-state index in [0.29, 0.717) is 6.54 Å². The average molecular weight is 388 g/mol. The highest BCUT2D eigenvalue weighted by molar-refractivity contribution is 5.79. The van der Waals surface area contributed by atoms with Crippen molar-refractivity contribution in [2.24, 2.45) is 4.99 Å². The van der Waals surface area contributed by atoms with Gasteiger partial charge in [-0.15, -0.1) is 0 Å². The van der Waals surface area contributed by atoms with Crippen LogP contribution >= 0.6 is 0 Å². The molecule has 7 nitrogen and oxygen atoms in total. The Hall–Kier alpha value is -2.54. The lowest BCUT2D eigenvalue weighted by Crippen LogP contribution is -2.38. The van der Waals surface area contributed by atoms with E-state index in [9.17, 15) is 0 Å². The van der Waals surface area contributed by atoms with Crippen LogP contribution < -0.4 is 15.4 Å². The van der Waals surface area contributed by atoms with Crippen LogP contribution in [0.1, 0.15) is 36.6 Å². The number of H-pyrrole nitrogens is 1. The molecule has 28 heavy (non-hydrogen) atoms. The normalized spacial score (nSPS) is 11.5. The van der Waals surface area contributed by atoms with Crippen molar-refractivity contribution >= 4 is 5.96 Å². The van der Waals surface area contributed by atoms with Gasteiger partial charge in [0.25, 0.3) is 0 Å². The molecule has 0 spiro atoms. The second-order valence-electron chi connectivity index (χ2n) is 6.54. The molecule has 7 heteroatoms. The van der Waals surface area contributed by atoms with Crippen LogP contribution in [0.4, 0.5) is 0 Å². The smallest absolute Gasteiger partial charge is 0.191 e. The molecule has 2 aromatic rings. The summed E-state index contributed by atoms with van der Waals surface area (Å²) in [7, 11) is 1.67. The maximum atomic E-state index is 5.40. The summed E-state index contributed by atoms with van der Waals surface area (Å²) < 4.78 is 10.6. The van der Waals surface area contributed by atoms with Gasteiger partial charge in [0.2, 0.25) is 0 Å². The molecule has 1 aromatic heterocycles. The fraction of sp³-hybridized carbons (Fsp3) is 0.524. The third-order valence-electron chi connectivity index (χ3n) is 4.39. The minimum atomic E-state index is 0.617. The van der Waals surface area contributed by atoms with Gasteiger partial charge in [-0.1, -0.05) is 12.1 Å². The van der Waals surface area contributed by atoms with Crippen molar-refractivity contribution in [3.05, 3.63) is 47.3 Å². The Kier molecular flexibility index (Phi) is 9.93. The maximum absolute atomic E-state index is 5.40. The van der Waals surface area contributed by atoms with Crippen molar-refractivity contribution < 1.29 is 9.47 Å². The van der Waals surface area contributed by atoms with Crippen molar-refractivity contribution in [1.29, 1.82) is 0 Å². The Balaban J connectivity index is 1.82. The predicted octanol–water partition coefficient (Wildman–Crippen LogP) is 2.82. The standard InChI is InChI=1S/C21H33N5O2/c1-4-28-14-6-13-23-21(22-12-5-7-19-16-25-26-17(19)2)24-15-18-8-10-20(27-3)11-9-18/h8-11,16H,4-7,12-15H2,1-3H3,(H,25,26)(H2,22,23,24). The Bertz CT molecular complexity index is 697. The third-order valence-corrected chi connectivity index (χ3v) is 4.39. The zero-order valence-electron chi connectivity index (χ0n) is 17.3. The molecule has 0 saturated heterocycles. The number of rotatable bonds is 12. The Morgan fingerprint density at radius 3 is 2.54 bits per heavy atom. The highest BCUT2D eigenvalue weighted by Gasteiger charge is 2.02. The predicted molar refractivity (Wildman–Crippen MR) is 113 cm³/mol. The van der Waals surface area contributed by atoms with Gasteiger partial charge >= 0.3 is 0 Å². The molecule has 0 saturated carbocycles. The SMILES string of the molecule is CCOCCCNC(=NCc1ccc(OC)cc1)NCCCc1cn[nH]c1C. The number of ether oxygens (including phenoxy) is 2. The van der Waals surface area contributed by atoms with Gasteiger partial charge in [-0.2, -0.15) is 5.10 Å². The van der Waals surface area contributed by atoms with Crippen LogP contribution in [0.3, 0.4) is 0 Å². The second-order valence-corrected chi connectivity index (χ2v) is 6.54. The lowest BCUT2D eigenvalue weighted by atomic mass is 10.1. The summed E-state index contributed by atoms with van der Waals surface area (Å²) in [6, 6.07) is 7.99. The zero-order chi connectivity index (χ0) is 20.0. The average Bonchev–Trinajstić information content (AvgIpc) is 3.13. The molecule has 0 amide bonds. The Labute approximate surface area is 167 Å². The lowest BCUT2D eigenvalue weighted by molar-refractivity contribution is 0.145. The van der Waals surface area contributed by atoms with Crippen molar-refractivity contribution in [3.8, 4) is 5.75 Å². The van der Waals surface area contributed by atoms with E-state index >= 15 is 0 Å². The quantitative estimate of drug-likeness (QED) is 0.296. The van der Waals surface area contributed by atoms with Crippen LogP contribution in [0.15, 0.2) is 35.5 Å². The molecular weight excluding hydrogens is 354 g/mol. The van der Waals surface area contributed by atoms with Crippen LogP contribution in [0, 0.1) is 6.92 Å². The number of aryl methyl sites for hydroxylation is 2. The molecule has 1 heterocycles. The van der Waals surface area contributed by atoms with E-state index in [1.165, 1.54) is 5.56 Å². The minimum absolute atomic E-state index is 0.617. The largest absolute Gasteiger partial charge is 0.497 e. The first-order valence-electron chi connectivity index (χ1n) is 9.94. The number of benzene rings is 1. The number of methoxy groups -OCH3 is 1. The lowest BCUT2D eigenvalue weighted by Gasteiger charge is -2.13. The monoisotopic (exact) mass is 387 g/mol. The van der Waals surface area contributed by atoms with Crippen LogP contribution in [-0.2, 0) is 17.7 Å². The zero-order valence-corrected chi connectivity index (χ0v) is 17.3. The van der Waals surface area contributed by atoms with E-state index in [0.717, 1.165) is 68.5 Å². The first kappa shape index (κ1) is 21.8. The highest BCUT2D eigenvalue weighted by Crippen LogP contribution is 2.11. The molecule has 0 unspecified atom stereocenters. The molecule has 154 valence electrons. The van der Waals surface area contributed by atoms with Crippen LogP contribution in [0.2, 0.25) is 0 Å². The number of guanidine groups is 1. The fourth-order valence-corrected chi connectivity index (χ4v) is 2.71. The summed E-state index contributed by atoms with van der Waals surface area (Å²) in [4.78, 5) is 4.71. The van der Waals surface area contributed by atoms with E-state index in [1.807, 2.05) is 37.4 Å². The number of aromatic nitrogens is 2. The van der Waals surface area contributed by atoms with Crippen molar-refractivity contribution in [3.63, 3.8) is 0 Å². The van der Waals surface area contributed by atoms with Crippen LogP contribution in [0.5, 0.6) is 5.75 Å². The summed E-state index contributed by atoms with van der Waals surface area (Å²) in [5.74, 6) is 1.69.